The van der Waals surface area contributed by atoms with E-state index in [0.717, 1.165) is 12.8 Å². The van der Waals surface area contributed by atoms with Crippen LogP contribution in [0.3, 0.4) is 0 Å². The topological polar surface area (TPSA) is 119 Å². The lowest BCUT2D eigenvalue weighted by Crippen LogP contribution is -2.40. The highest BCUT2D eigenvalue weighted by atomic mass is 19.4. The van der Waals surface area contributed by atoms with E-state index in [9.17, 15) is 28.0 Å². The van der Waals surface area contributed by atoms with Gasteiger partial charge in [-0.2, -0.15) is 18.2 Å². The van der Waals surface area contributed by atoms with Crippen LogP contribution in [0, 0.1) is 5.92 Å². The molecule has 1 aromatic rings. The number of hydrogen-bond acceptors (Lipinski definition) is 7. The lowest BCUT2D eigenvalue weighted by molar-refractivity contribution is -0.154. The molecule has 0 bridgehead atoms. The van der Waals surface area contributed by atoms with Crippen molar-refractivity contribution in [3.8, 4) is 0 Å². The summed E-state index contributed by atoms with van der Waals surface area (Å²) in [4.78, 5) is 30.2. The minimum Gasteiger partial charge on any atom is -0.354 e. The molecule has 0 aliphatic carbocycles. The number of alkyl halides is 3. The normalized spacial score (nSPS) is 12.2. The molecule has 1 heterocycles. The van der Waals surface area contributed by atoms with Crippen LogP contribution >= 0.6 is 0 Å². The minimum atomic E-state index is -4.68. The molecule has 0 unspecified atom stereocenters. The fourth-order valence-corrected chi connectivity index (χ4v) is 2.34. The molecular formula is C16H25F3N6O3. The average molecular weight is 406 g/mol. The summed E-state index contributed by atoms with van der Waals surface area (Å²) in [5.74, 6) is -1.83. The van der Waals surface area contributed by atoms with Crippen molar-refractivity contribution in [2.24, 2.45) is 5.92 Å². The predicted molar refractivity (Wildman–Crippen MR) is 95.2 cm³/mol. The van der Waals surface area contributed by atoms with Crippen molar-refractivity contribution in [3.05, 3.63) is 11.8 Å². The molecule has 4 N–H and O–H groups in total. The first-order valence-electron chi connectivity index (χ1n) is 8.88. The number of unbranched alkanes of at least 4 members (excludes halogenated alkanes) is 2. The van der Waals surface area contributed by atoms with E-state index in [-0.39, 0.29) is 24.7 Å². The van der Waals surface area contributed by atoms with Crippen LogP contribution in [0.2, 0.25) is 0 Å². The van der Waals surface area contributed by atoms with Gasteiger partial charge in [0.15, 0.2) is 11.5 Å². The van der Waals surface area contributed by atoms with Crippen molar-refractivity contribution in [1.29, 1.82) is 0 Å². The third-order valence-corrected chi connectivity index (χ3v) is 3.72. The van der Waals surface area contributed by atoms with Gasteiger partial charge in [0.2, 0.25) is 18.3 Å². The van der Waals surface area contributed by atoms with Crippen molar-refractivity contribution < 1.29 is 28.0 Å². The molecule has 0 radical (unpaired) electrons. The Kier molecular flexibility index (Phi) is 9.42. The summed E-state index contributed by atoms with van der Waals surface area (Å²) in [6.07, 6.45) is -1.65. The van der Waals surface area contributed by atoms with E-state index in [4.69, 9.17) is 0 Å². The molecule has 0 saturated heterocycles. The summed E-state index contributed by atoms with van der Waals surface area (Å²) in [7, 11) is 0. The highest BCUT2D eigenvalue weighted by Crippen LogP contribution is 2.29. The number of anilines is 2. The number of hydrogen-bond donors (Lipinski definition) is 4. The van der Waals surface area contributed by atoms with Gasteiger partial charge in [0.1, 0.15) is 0 Å². The van der Waals surface area contributed by atoms with E-state index >= 15 is 0 Å². The molecule has 158 valence electrons. The van der Waals surface area contributed by atoms with E-state index < -0.39 is 23.7 Å². The Labute approximate surface area is 160 Å². The maximum absolute atomic E-state index is 13.0. The number of carbonyl (C=O) groups excluding carboxylic acids is 2. The molecule has 9 nitrogen and oxygen atoms in total. The number of aromatic nitrogens is 2. The van der Waals surface area contributed by atoms with Gasteiger partial charge in [-0.25, -0.2) is 10.0 Å². The Morgan fingerprint density at radius 2 is 2.04 bits per heavy atom. The monoisotopic (exact) mass is 406 g/mol. The van der Waals surface area contributed by atoms with Crippen LogP contribution in [0.1, 0.15) is 45.2 Å². The SMILES string of the molecule is CCCCC[C@@H](CN(O)C=O)C(=O)NNc1cc(C(F)(F)F)nc(NCC)n1. The summed E-state index contributed by atoms with van der Waals surface area (Å²) in [6.45, 7) is 3.73. The molecule has 1 aromatic heterocycles. The van der Waals surface area contributed by atoms with Gasteiger partial charge in [-0.05, 0) is 13.3 Å². The number of hydrazine groups is 1. The van der Waals surface area contributed by atoms with E-state index in [2.05, 4.69) is 26.1 Å². The van der Waals surface area contributed by atoms with Crippen molar-refractivity contribution in [2.45, 2.75) is 45.7 Å². The lowest BCUT2D eigenvalue weighted by Gasteiger charge is -2.20. The average Bonchev–Trinajstić information content (AvgIpc) is 2.64. The molecule has 0 spiro atoms. The smallest absolute Gasteiger partial charge is 0.354 e. The molecule has 0 saturated carbocycles. The molecule has 1 rings (SSSR count). The lowest BCUT2D eigenvalue weighted by atomic mass is 10.0. The molecule has 28 heavy (non-hydrogen) atoms. The first-order chi connectivity index (χ1) is 13.2. The van der Waals surface area contributed by atoms with E-state index in [1.54, 1.807) is 6.92 Å². The molecule has 0 fully saturated rings. The van der Waals surface area contributed by atoms with Gasteiger partial charge in [-0.1, -0.05) is 26.2 Å². The second-order valence-electron chi connectivity index (χ2n) is 6.02. The zero-order valence-electron chi connectivity index (χ0n) is 15.7. The highest BCUT2D eigenvalue weighted by molar-refractivity contribution is 5.80. The van der Waals surface area contributed by atoms with E-state index in [1.165, 1.54) is 0 Å². The number of amides is 2. The van der Waals surface area contributed by atoms with Crippen LogP contribution in [-0.4, -0.2) is 45.6 Å². The number of nitrogens with one attached hydrogen (secondary N) is 3. The van der Waals surface area contributed by atoms with Crippen LogP contribution in [-0.2, 0) is 15.8 Å². The molecule has 0 aliphatic heterocycles. The Bertz CT molecular complexity index is 645. The summed E-state index contributed by atoms with van der Waals surface area (Å²) >= 11 is 0. The fraction of sp³-hybridized carbons (Fsp3) is 0.625. The number of nitrogens with zero attached hydrogens (tertiary/aromatic N) is 3. The van der Waals surface area contributed by atoms with Crippen molar-refractivity contribution >= 4 is 24.1 Å². The van der Waals surface area contributed by atoms with Gasteiger partial charge < -0.3 is 5.32 Å². The number of rotatable bonds is 12. The van der Waals surface area contributed by atoms with Crippen molar-refractivity contribution in [3.63, 3.8) is 0 Å². The van der Waals surface area contributed by atoms with Crippen LogP contribution in [0.25, 0.3) is 0 Å². The van der Waals surface area contributed by atoms with Gasteiger partial charge in [0.05, 0.1) is 12.5 Å². The molecule has 12 heteroatoms. The molecule has 0 aliphatic rings. The maximum atomic E-state index is 13.0. The van der Waals surface area contributed by atoms with Crippen LogP contribution < -0.4 is 16.2 Å². The molecule has 2 amide bonds. The number of halogens is 3. The summed E-state index contributed by atoms with van der Waals surface area (Å²) in [5.41, 5.74) is 3.44. The van der Waals surface area contributed by atoms with E-state index in [0.29, 0.717) is 30.5 Å². The summed E-state index contributed by atoms with van der Waals surface area (Å²) < 4.78 is 38.9. The third-order valence-electron chi connectivity index (χ3n) is 3.72. The largest absolute Gasteiger partial charge is 0.433 e. The molecular weight excluding hydrogens is 381 g/mol. The maximum Gasteiger partial charge on any atom is 0.433 e. The summed E-state index contributed by atoms with van der Waals surface area (Å²) in [6, 6.07) is 0.664. The first-order valence-corrected chi connectivity index (χ1v) is 8.88. The van der Waals surface area contributed by atoms with E-state index in [1.807, 2.05) is 6.92 Å². The zero-order valence-corrected chi connectivity index (χ0v) is 15.7. The van der Waals surface area contributed by atoms with Gasteiger partial charge in [-0.15, -0.1) is 0 Å². The Morgan fingerprint density at radius 1 is 1.32 bits per heavy atom. The quantitative estimate of drug-likeness (QED) is 0.182. The van der Waals surface area contributed by atoms with Gasteiger partial charge in [0, 0.05) is 12.6 Å². The fourth-order valence-electron chi connectivity index (χ4n) is 2.34. The predicted octanol–water partition coefficient (Wildman–Crippen LogP) is 2.41. The highest BCUT2D eigenvalue weighted by Gasteiger charge is 2.34. The Morgan fingerprint density at radius 3 is 2.61 bits per heavy atom. The minimum absolute atomic E-state index is 0.177. The van der Waals surface area contributed by atoms with Crippen LogP contribution in [0.15, 0.2) is 6.07 Å². The standard InChI is InChI=1S/C16H25F3N6O3/c1-3-5-6-7-11(9-25(28)10-26)14(27)24-23-13-8-12(16(17,18)19)21-15(22-13)20-4-2/h8,10-11,28H,3-7,9H2,1-2H3,(H,24,27)(H2,20,21,22,23)/t11-/m0/s1. The number of hydroxylamine groups is 2. The zero-order chi connectivity index (χ0) is 21.2. The second kappa shape index (κ2) is 11.3. The summed E-state index contributed by atoms with van der Waals surface area (Å²) in [5, 5.41) is 12.3. The molecule has 1 atom stereocenters. The second-order valence-corrected chi connectivity index (χ2v) is 6.02. The van der Waals surface area contributed by atoms with Crippen LogP contribution in [0.5, 0.6) is 0 Å². The third kappa shape index (κ3) is 7.94. The number of carbonyl (C=O) groups is 2. The molecule has 0 aromatic carbocycles. The van der Waals surface area contributed by atoms with Crippen molar-refractivity contribution in [1.82, 2.24) is 20.5 Å². The first kappa shape index (κ1) is 23.4. The van der Waals surface area contributed by atoms with Gasteiger partial charge in [-0.3, -0.25) is 25.6 Å². The van der Waals surface area contributed by atoms with Gasteiger partial charge >= 0.3 is 6.18 Å². The Hall–Kier alpha value is -2.63. The van der Waals surface area contributed by atoms with Crippen molar-refractivity contribution in [2.75, 3.05) is 23.8 Å². The Balaban J connectivity index is 2.86. The van der Waals surface area contributed by atoms with Gasteiger partial charge in [0.25, 0.3) is 0 Å². The van der Waals surface area contributed by atoms with Crippen LogP contribution in [0.4, 0.5) is 24.9 Å².